The van der Waals surface area contributed by atoms with E-state index in [1.54, 1.807) is 72.3 Å². The van der Waals surface area contributed by atoms with Crippen LogP contribution in [0.25, 0.3) is 0 Å². The number of amides is 1. The molecule has 8 atom stereocenters. The molecule has 21 heteroatoms. The van der Waals surface area contributed by atoms with Crippen molar-refractivity contribution < 1.29 is 80.0 Å². The summed E-state index contributed by atoms with van der Waals surface area (Å²) in [6.07, 6.45) is 5.05. The first-order valence-electron chi connectivity index (χ1n) is 15.6. The van der Waals surface area contributed by atoms with Crippen LogP contribution in [0, 0.1) is 11.8 Å². The summed E-state index contributed by atoms with van der Waals surface area (Å²) in [5.41, 5.74) is 0.894. The number of aliphatic hydroxyl groups is 6. The van der Waals surface area contributed by atoms with E-state index in [0.717, 1.165) is 0 Å². The van der Waals surface area contributed by atoms with Crippen LogP contribution in [0.3, 0.4) is 0 Å². The summed E-state index contributed by atoms with van der Waals surface area (Å²) in [4.78, 5) is 24.9. The van der Waals surface area contributed by atoms with Crippen molar-refractivity contribution in [2.45, 2.75) is 49.3 Å². The summed E-state index contributed by atoms with van der Waals surface area (Å²) in [6, 6.07) is 6.04. The highest BCUT2D eigenvalue weighted by molar-refractivity contribution is 7.85. The van der Waals surface area contributed by atoms with Gasteiger partial charge in [-0.3, -0.25) is 4.79 Å². The molecule has 1 amide bonds. The Kier molecular flexibility index (Phi) is 21.4. The fourth-order valence-electron chi connectivity index (χ4n) is 5.17. The molecule has 0 saturated heterocycles. The standard InChI is InChI=1S/C14H21N2O4.C13H18NO5.C2H7N.2CH4O3S/c1-15(2)14(20)9-4-3-5-16(7-9)11-6-10(8-17)12(18)13(11)19;1-19-13(18)8-3-2-4-14(6-8)10-5-9(7-15)11(16)12(10)17;1-3-2;2*1-5(2,3)4/h3-5,7,10-13,17-19H,6,8H2,1-2H3;2-4,6,9-12,15-17H,5,7H2,1H3;3H,1-2H3;2*1H3,(H,2,3,4)/q2*+1;;;/p-2. The number of ether oxygens (including phenoxy) is 1. The van der Waals surface area contributed by atoms with E-state index < -0.39 is 50.6 Å². The number of methoxy groups -OCH3 is 1. The Morgan fingerprint density at radius 2 is 1.12 bits per heavy atom. The first kappa shape index (κ1) is 48.8. The predicted octanol–water partition coefficient (Wildman–Crippen LogP) is -3.85. The smallest absolute Gasteiger partial charge is 0.343 e. The first-order chi connectivity index (χ1) is 23.9. The van der Waals surface area contributed by atoms with Crippen LogP contribution in [-0.2, 0) is 25.0 Å². The third-order valence-electron chi connectivity index (χ3n) is 7.50. The average molecular weight is 785 g/mol. The van der Waals surface area contributed by atoms with Gasteiger partial charge in [0.15, 0.2) is 36.9 Å². The highest BCUT2D eigenvalue weighted by atomic mass is 32.2. The number of hydrogen-bond donors (Lipinski definition) is 7. The van der Waals surface area contributed by atoms with Crippen LogP contribution >= 0.6 is 0 Å². The van der Waals surface area contributed by atoms with Gasteiger partial charge in [0.1, 0.15) is 23.3 Å². The molecule has 2 saturated carbocycles. The Bertz CT molecular complexity index is 1570. The van der Waals surface area contributed by atoms with Gasteiger partial charge < -0.3 is 54.7 Å². The van der Waals surface area contributed by atoms with Crippen molar-refractivity contribution in [1.82, 2.24) is 10.2 Å². The molecule has 2 aromatic heterocycles. The van der Waals surface area contributed by atoms with Crippen LogP contribution in [0.2, 0.25) is 0 Å². The highest BCUT2D eigenvalue weighted by Gasteiger charge is 2.47. The topological polar surface area (TPSA) is 302 Å². The molecule has 298 valence electrons. The number of hydrogen-bond acceptors (Lipinski definition) is 16. The molecule has 2 fully saturated rings. The highest BCUT2D eigenvalue weighted by Crippen LogP contribution is 2.32. The quantitative estimate of drug-likeness (QED) is 0.0838. The van der Waals surface area contributed by atoms with Crippen molar-refractivity contribution in [2.75, 3.05) is 61.0 Å². The second-order valence-corrected chi connectivity index (χ2v) is 14.9. The molecule has 0 bridgehead atoms. The number of esters is 1. The Morgan fingerprint density at radius 1 is 0.788 bits per heavy atom. The Balaban J connectivity index is 0.000000751. The number of aliphatic hydroxyl groups excluding tert-OH is 6. The van der Waals surface area contributed by atoms with Crippen LogP contribution < -0.4 is 14.5 Å². The lowest BCUT2D eigenvalue weighted by atomic mass is 10.1. The average Bonchev–Trinajstić information content (AvgIpc) is 3.52. The summed E-state index contributed by atoms with van der Waals surface area (Å²) >= 11 is 0. The minimum Gasteiger partial charge on any atom is -0.748 e. The lowest BCUT2D eigenvalue weighted by molar-refractivity contribution is -0.729. The molecule has 2 aromatic rings. The van der Waals surface area contributed by atoms with Crippen molar-refractivity contribution in [3.63, 3.8) is 0 Å². The summed E-state index contributed by atoms with van der Waals surface area (Å²) < 4.78 is 62.5. The Hall–Kier alpha value is -3.22. The molecule has 0 spiro atoms. The van der Waals surface area contributed by atoms with Crippen LogP contribution in [0.4, 0.5) is 0 Å². The van der Waals surface area contributed by atoms with Crippen LogP contribution in [0.5, 0.6) is 0 Å². The molecule has 0 radical (unpaired) electrons. The van der Waals surface area contributed by atoms with Crippen LogP contribution in [-0.4, -0.2) is 159 Å². The minimum atomic E-state index is -3.92. The van der Waals surface area contributed by atoms with Gasteiger partial charge in [0.05, 0.1) is 39.6 Å². The van der Waals surface area contributed by atoms with Crippen molar-refractivity contribution >= 4 is 32.1 Å². The summed E-state index contributed by atoms with van der Waals surface area (Å²) in [5.74, 6) is -1.27. The van der Waals surface area contributed by atoms with E-state index in [2.05, 4.69) is 10.1 Å². The summed E-state index contributed by atoms with van der Waals surface area (Å²) in [5, 5.41) is 60.8. The van der Waals surface area contributed by atoms with Gasteiger partial charge in [-0.15, -0.1) is 0 Å². The second-order valence-electron chi connectivity index (χ2n) is 12.1. The van der Waals surface area contributed by atoms with E-state index in [4.69, 9.17) is 31.0 Å². The Labute approximate surface area is 304 Å². The molecule has 19 nitrogen and oxygen atoms in total. The minimum absolute atomic E-state index is 0.119. The molecule has 2 aliphatic carbocycles. The number of aromatic nitrogens is 2. The molecular formula is C31H52N4O15S2. The van der Waals surface area contributed by atoms with E-state index in [1.807, 2.05) is 14.1 Å². The number of pyridine rings is 2. The van der Waals surface area contributed by atoms with E-state index in [0.29, 0.717) is 36.5 Å². The molecule has 8 unspecified atom stereocenters. The SMILES string of the molecule is CN(C)C(=O)c1ccc[n+](C2CC(CO)C(O)C2O)c1.CNC.COC(=O)c1ccc[n+](C2CC(CO)C(O)C2O)c1.CS(=O)(=O)[O-].CS(=O)(=O)[O-]. The van der Waals surface area contributed by atoms with E-state index in [9.17, 15) is 35.1 Å². The first-order valence-corrected chi connectivity index (χ1v) is 19.2. The zero-order valence-electron chi connectivity index (χ0n) is 30.1. The molecule has 2 aliphatic rings. The van der Waals surface area contributed by atoms with Crippen molar-refractivity contribution in [2.24, 2.45) is 11.8 Å². The maximum absolute atomic E-state index is 11.9. The van der Waals surface area contributed by atoms with E-state index >= 15 is 0 Å². The van der Waals surface area contributed by atoms with Crippen molar-refractivity contribution in [3.8, 4) is 0 Å². The zero-order chi connectivity index (χ0) is 40.6. The van der Waals surface area contributed by atoms with Gasteiger partial charge in [-0.05, 0) is 26.2 Å². The molecular weight excluding hydrogens is 732 g/mol. The lowest BCUT2D eigenvalue weighted by Crippen LogP contribution is -2.46. The molecule has 0 aliphatic heterocycles. The van der Waals surface area contributed by atoms with Gasteiger partial charge >= 0.3 is 5.97 Å². The van der Waals surface area contributed by atoms with E-state index in [-0.39, 0.29) is 43.0 Å². The van der Waals surface area contributed by atoms with Gasteiger partial charge in [0.2, 0.25) is 0 Å². The lowest BCUT2D eigenvalue weighted by Gasteiger charge is -2.14. The molecule has 4 rings (SSSR count). The van der Waals surface area contributed by atoms with Gasteiger partial charge in [-0.1, -0.05) is 0 Å². The second kappa shape index (κ2) is 22.8. The maximum Gasteiger partial charge on any atom is 0.343 e. The fourth-order valence-corrected chi connectivity index (χ4v) is 5.17. The predicted molar refractivity (Wildman–Crippen MR) is 181 cm³/mol. The van der Waals surface area contributed by atoms with Crippen molar-refractivity contribution in [1.29, 1.82) is 0 Å². The van der Waals surface area contributed by atoms with Crippen LogP contribution in [0.1, 0.15) is 45.6 Å². The molecule has 0 aromatic carbocycles. The third kappa shape index (κ3) is 17.5. The summed E-state index contributed by atoms with van der Waals surface area (Å²) in [6.45, 7) is -0.336. The summed E-state index contributed by atoms with van der Waals surface area (Å²) in [7, 11) is 0.570. The van der Waals surface area contributed by atoms with Gasteiger partial charge in [0, 0.05) is 76.6 Å². The number of carbonyl (C=O) groups is 2. The number of nitrogens with one attached hydrogen (secondary N) is 1. The molecule has 52 heavy (non-hydrogen) atoms. The zero-order valence-corrected chi connectivity index (χ0v) is 31.7. The number of rotatable bonds is 6. The largest absolute Gasteiger partial charge is 0.748 e. The maximum atomic E-state index is 11.9. The molecule has 7 N–H and O–H groups in total. The van der Waals surface area contributed by atoms with Gasteiger partial charge in [-0.25, -0.2) is 21.6 Å². The third-order valence-corrected chi connectivity index (χ3v) is 7.50. The Morgan fingerprint density at radius 3 is 1.40 bits per heavy atom. The molecule has 2 heterocycles. The van der Waals surface area contributed by atoms with Gasteiger partial charge in [-0.2, -0.15) is 9.13 Å². The van der Waals surface area contributed by atoms with E-state index in [1.165, 1.54) is 12.0 Å². The number of nitrogens with zero attached hydrogens (tertiary/aromatic N) is 3. The monoisotopic (exact) mass is 784 g/mol. The van der Waals surface area contributed by atoms with Crippen LogP contribution in [0.15, 0.2) is 49.1 Å². The van der Waals surface area contributed by atoms with Gasteiger partial charge in [0.25, 0.3) is 5.91 Å². The fraction of sp³-hybridized carbons (Fsp3) is 0.613. The normalized spacial score (nSPS) is 25.0. The van der Waals surface area contributed by atoms with Crippen molar-refractivity contribution in [3.05, 3.63) is 60.2 Å². The number of carbonyl (C=O) groups excluding carboxylic acids is 2.